The topological polar surface area (TPSA) is 120 Å². The normalized spacial score (nSPS) is 22.5. The monoisotopic (exact) mass is 357 g/mol. The van der Waals surface area contributed by atoms with E-state index in [0.29, 0.717) is 25.7 Å². The highest BCUT2D eigenvalue weighted by atomic mass is 35.5. The molecule has 130 valence electrons. The van der Waals surface area contributed by atoms with Crippen LogP contribution in [0.15, 0.2) is 12.3 Å². The molecule has 1 aliphatic rings. The zero-order chi connectivity index (χ0) is 20.2. The number of carboxylic acids is 1. The van der Waals surface area contributed by atoms with Crippen molar-refractivity contribution in [3.63, 3.8) is 0 Å². The summed E-state index contributed by atoms with van der Waals surface area (Å²) in [6.45, 7) is -2.55. The van der Waals surface area contributed by atoms with Crippen molar-refractivity contribution in [2.45, 2.75) is 25.7 Å². The van der Waals surface area contributed by atoms with Gasteiger partial charge in [0, 0.05) is 23.2 Å². The predicted molar refractivity (Wildman–Crippen MR) is 87.5 cm³/mol. The van der Waals surface area contributed by atoms with E-state index >= 15 is 0 Å². The number of carbonyl (C=O) groups is 3. The van der Waals surface area contributed by atoms with Gasteiger partial charge in [0.15, 0.2) is 0 Å². The quantitative estimate of drug-likeness (QED) is 0.478. The highest BCUT2D eigenvalue weighted by Gasteiger charge is 2.30. The number of amides is 2. The molecule has 2 amide bonds. The third kappa shape index (κ3) is 4.35. The van der Waals surface area contributed by atoms with E-state index in [-0.39, 0.29) is 16.4 Å². The van der Waals surface area contributed by atoms with E-state index in [4.69, 9.17) is 20.8 Å². The van der Waals surface area contributed by atoms with Crippen LogP contribution in [0.1, 0.15) is 40.2 Å². The van der Waals surface area contributed by atoms with Gasteiger partial charge in [-0.25, -0.2) is 4.98 Å². The minimum atomic E-state index is -2.55. The molecule has 0 aliphatic heterocycles. The molecule has 1 heterocycles. The fourth-order valence-corrected chi connectivity index (χ4v) is 2.76. The van der Waals surface area contributed by atoms with Crippen LogP contribution >= 0.6 is 11.6 Å². The average Bonchev–Trinajstić information content (AvgIpc) is 2.58. The van der Waals surface area contributed by atoms with Crippen molar-refractivity contribution in [3.8, 4) is 0 Å². The van der Waals surface area contributed by atoms with Gasteiger partial charge in [0.2, 0.25) is 5.91 Å². The van der Waals surface area contributed by atoms with E-state index in [2.05, 4.69) is 21.2 Å². The number of rotatable bonds is 4. The number of carboxylic acid groups (broad SMARTS) is 1. The number of nitrogens with zero attached hydrogens (tertiary/aromatic N) is 1. The van der Waals surface area contributed by atoms with Crippen LogP contribution in [-0.2, 0) is 9.59 Å². The van der Waals surface area contributed by atoms with Crippen molar-refractivity contribution in [1.29, 1.82) is 0 Å². The smallest absolute Gasteiger partial charge is 0.306 e. The molecule has 0 atom stereocenters. The van der Waals surface area contributed by atoms with Gasteiger partial charge in [-0.1, -0.05) is 11.6 Å². The third-order valence-electron chi connectivity index (χ3n) is 4.00. The maximum atomic E-state index is 12.3. The van der Waals surface area contributed by atoms with Gasteiger partial charge >= 0.3 is 5.97 Å². The lowest BCUT2D eigenvalue weighted by Gasteiger charge is -2.25. The molecule has 0 bridgehead atoms. The first-order chi connectivity index (χ1) is 12.6. The number of nitrogens with one attached hydrogen (secondary N) is 3. The maximum absolute atomic E-state index is 12.3. The third-order valence-corrected chi connectivity index (χ3v) is 4.20. The Morgan fingerprint density at radius 1 is 1.25 bits per heavy atom. The number of carbonyl (C=O) groups excluding carboxylic acids is 2. The Morgan fingerprint density at radius 3 is 2.54 bits per heavy atom. The first-order valence-electron chi connectivity index (χ1n) is 8.83. The Balaban J connectivity index is 1.96. The number of anilines is 1. The lowest BCUT2D eigenvalue weighted by molar-refractivity contribution is -0.144. The van der Waals surface area contributed by atoms with Crippen molar-refractivity contribution < 1.29 is 23.6 Å². The van der Waals surface area contributed by atoms with E-state index in [1.54, 1.807) is 0 Å². The van der Waals surface area contributed by atoms with Crippen LogP contribution in [0, 0.1) is 11.8 Å². The summed E-state index contributed by atoms with van der Waals surface area (Å²) >= 11 is 5.74. The van der Waals surface area contributed by atoms with Crippen molar-refractivity contribution in [1.82, 2.24) is 15.8 Å². The second-order valence-electron chi connectivity index (χ2n) is 5.51. The van der Waals surface area contributed by atoms with Gasteiger partial charge in [-0.05, 0) is 31.7 Å². The summed E-state index contributed by atoms with van der Waals surface area (Å²) in [6.07, 6.45) is 2.71. The van der Waals surface area contributed by atoms with Crippen LogP contribution < -0.4 is 16.2 Å². The summed E-state index contributed by atoms with van der Waals surface area (Å²) in [5.41, 5.74) is 4.34. The number of hydrogen-bond donors (Lipinski definition) is 4. The lowest BCUT2D eigenvalue weighted by atomic mass is 9.82. The van der Waals surface area contributed by atoms with Crippen molar-refractivity contribution >= 4 is 35.1 Å². The molecule has 1 aromatic heterocycles. The van der Waals surface area contributed by atoms with E-state index in [9.17, 15) is 14.4 Å². The number of hydrogen-bond acceptors (Lipinski definition) is 5. The van der Waals surface area contributed by atoms with Crippen LogP contribution in [-0.4, -0.2) is 34.8 Å². The van der Waals surface area contributed by atoms with Crippen LogP contribution in [0.2, 0.25) is 5.15 Å². The molecular weight excluding hydrogens is 336 g/mol. The Morgan fingerprint density at radius 2 is 1.92 bits per heavy atom. The molecule has 1 aliphatic carbocycles. The Kier molecular flexibility index (Phi) is 4.65. The molecule has 2 rings (SSSR count). The van der Waals surface area contributed by atoms with E-state index in [1.165, 1.54) is 6.07 Å². The second kappa shape index (κ2) is 7.96. The summed E-state index contributed by atoms with van der Waals surface area (Å²) < 4.78 is 21.7. The average molecular weight is 358 g/mol. The molecule has 0 saturated heterocycles. The molecule has 0 radical (unpaired) electrons. The molecule has 1 fully saturated rings. The molecule has 0 aromatic carbocycles. The zero-order valence-electron chi connectivity index (χ0n) is 15.6. The van der Waals surface area contributed by atoms with E-state index in [1.807, 2.05) is 0 Å². The number of aromatic nitrogens is 1. The lowest BCUT2D eigenvalue weighted by Crippen LogP contribution is -2.45. The SMILES string of the molecule is [2H]C([2H])([2H])Nc1cc(Cl)ncc1C(=O)NNC(=O)C1CCC(C(=O)O)CC1. The molecular formula is C15H19ClN4O4. The van der Waals surface area contributed by atoms with Crippen LogP contribution in [0.25, 0.3) is 0 Å². The van der Waals surface area contributed by atoms with Crippen LogP contribution in [0.4, 0.5) is 5.69 Å². The minimum absolute atomic E-state index is 0.00229. The molecule has 1 saturated carbocycles. The Bertz CT molecular complexity index is 736. The van der Waals surface area contributed by atoms with Crippen molar-refractivity contribution in [3.05, 3.63) is 23.0 Å². The fourth-order valence-electron chi connectivity index (χ4n) is 2.60. The number of halogens is 1. The Labute approximate surface area is 148 Å². The van der Waals surface area contributed by atoms with Gasteiger partial charge in [-0.2, -0.15) is 0 Å². The maximum Gasteiger partial charge on any atom is 0.306 e. The molecule has 24 heavy (non-hydrogen) atoms. The highest BCUT2D eigenvalue weighted by Crippen LogP contribution is 2.28. The van der Waals surface area contributed by atoms with Crippen molar-refractivity contribution in [2.75, 3.05) is 12.3 Å². The Hall–Kier alpha value is -2.35. The van der Waals surface area contributed by atoms with Crippen LogP contribution in [0.3, 0.4) is 0 Å². The summed E-state index contributed by atoms with van der Waals surface area (Å²) in [6, 6.07) is 1.19. The standard InChI is InChI=1S/C15H19ClN4O4/c1-17-11-6-12(16)18-7-10(11)14(22)20-19-13(21)8-2-4-9(5-3-8)15(23)24/h6-9H,2-5H2,1H3,(H,17,18)(H,19,21)(H,20,22)(H,23,24)/i1D3. The summed E-state index contributed by atoms with van der Waals surface area (Å²) in [5.74, 6) is -2.91. The molecule has 0 unspecified atom stereocenters. The van der Waals surface area contributed by atoms with Crippen LogP contribution in [0.5, 0.6) is 0 Å². The number of hydrazine groups is 1. The molecule has 0 spiro atoms. The molecule has 4 N–H and O–H groups in total. The van der Waals surface area contributed by atoms with Gasteiger partial charge < -0.3 is 10.4 Å². The summed E-state index contributed by atoms with van der Waals surface area (Å²) in [7, 11) is 0. The van der Waals surface area contributed by atoms with E-state index < -0.39 is 36.6 Å². The molecule has 9 heteroatoms. The number of pyridine rings is 1. The summed E-state index contributed by atoms with van der Waals surface area (Å²) in [5, 5.41) is 11.2. The first-order valence-corrected chi connectivity index (χ1v) is 7.71. The zero-order valence-corrected chi connectivity index (χ0v) is 13.4. The fraction of sp³-hybridized carbons (Fsp3) is 0.467. The second-order valence-corrected chi connectivity index (χ2v) is 5.90. The van der Waals surface area contributed by atoms with Gasteiger partial charge in [-0.3, -0.25) is 25.2 Å². The van der Waals surface area contributed by atoms with E-state index in [0.717, 1.165) is 6.20 Å². The molecule has 8 nitrogen and oxygen atoms in total. The largest absolute Gasteiger partial charge is 0.481 e. The summed E-state index contributed by atoms with van der Waals surface area (Å²) in [4.78, 5) is 39.1. The van der Waals surface area contributed by atoms with Gasteiger partial charge in [0.05, 0.1) is 17.2 Å². The minimum Gasteiger partial charge on any atom is -0.481 e. The highest BCUT2D eigenvalue weighted by molar-refractivity contribution is 6.29. The van der Waals surface area contributed by atoms with Gasteiger partial charge in [0.25, 0.3) is 5.91 Å². The predicted octanol–water partition coefficient (Wildman–Crippen LogP) is 1.43. The first kappa shape index (κ1) is 14.0. The van der Waals surface area contributed by atoms with Crippen molar-refractivity contribution in [2.24, 2.45) is 11.8 Å². The van der Waals surface area contributed by atoms with Gasteiger partial charge in [0.1, 0.15) is 5.15 Å². The van der Waals surface area contributed by atoms with Gasteiger partial charge in [-0.15, -0.1) is 0 Å². The number of aliphatic carboxylic acids is 1. The molecule has 1 aromatic rings.